The summed E-state index contributed by atoms with van der Waals surface area (Å²) in [6.07, 6.45) is -0.684. The first kappa shape index (κ1) is 17.9. The van der Waals surface area contributed by atoms with Crippen LogP contribution in [0.1, 0.15) is 29.3 Å². The van der Waals surface area contributed by atoms with E-state index in [9.17, 15) is 19.2 Å². The highest BCUT2D eigenvalue weighted by atomic mass is 16.5. The van der Waals surface area contributed by atoms with Gasteiger partial charge in [0.15, 0.2) is 0 Å². The van der Waals surface area contributed by atoms with E-state index in [0.717, 1.165) is 0 Å². The van der Waals surface area contributed by atoms with Crippen LogP contribution in [0.2, 0.25) is 0 Å². The van der Waals surface area contributed by atoms with Gasteiger partial charge < -0.3 is 20.1 Å². The number of aliphatic carboxylic acids is 1. The number of ether oxygens (including phenoxy) is 1. The molecule has 0 aliphatic carbocycles. The molecule has 4 amide bonds. The quantitative estimate of drug-likeness (QED) is 0.651. The first-order valence-corrected chi connectivity index (χ1v) is 8.16. The molecule has 0 aromatic heterocycles. The average molecular weight is 361 g/mol. The van der Waals surface area contributed by atoms with Gasteiger partial charge in [0.25, 0.3) is 11.8 Å². The second kappa shape index (κ2) is 6.75. The Morgan fingerprint density at radius 3 is 2.58 bits per heavy atom. The number of hydrogen-bond donors (Lipinski definition) is 3. The van der Waals surface area contributed by atoms with Crippen molar-refractivity contribution >= 4 is 23.8 Å². The van der Waals surface area contributed by atoms with Crippen LogP contribution in [0.4, 0.5) is 4.79 Å². The van der Waals surface area contributed by atoms with E-state index in [0.29, 0.717) is 17.7 Å². The fraction of sp³-hybridized carbons (Fsp3) is 0.412. The third kappa shape index (κ3) is 3.38. The lowest BCUT2D eigenvalue weighted by Gasteiger charge is -2.32. The van der Waals surface area contributed by atoms with Gasteiger partial charge in [-0.25, -0.2) is 4.79 Å². The first-order valence-electron chi connectivity index (χ1n) is 8.16. The van der Waals surface area contributed by atoms with Gasteiger partial charge in [0.2, 0.25) is 0 Å². The molecule has 9 heteroatoms. The minimum atomic E-state index is -1.18. The summed E-state index contributed by atoms with van der Waals surface area (Å²) in [5, 5.41) is 13.6. The Bertz CT molecular complexity index is 762. The third-order valence-corrected chi connectivity index (χ3v) is 4.58. The van der Waals surface area contributed by atoms with Crippen molar-refractivity contribution < 1.29 is 29.0 Å². The lowest BCUT2D eigenvalue weighted by atomic mass is 9.91. The standard InChI is InChI=1S/C17H19N3O6/c1-17(15(24)18-16(25)19-17)11-4-2-10(3-5-11)14(23)20-6-7-26-12(9-20)8-13(21)22/h2-5,12H,6-9H2,1H3,(H,21,22)(H2,18,19,24,25). The Hall–Kier alpha value is -2.94. The molecule has 0 bridgehead atoms. The fourth-order valence-electron chi connectivity index (χ4n) is 3.10. The minimum Gasteiger partial charge on any atom is -0.481 e. The predicted molar refractivity (Wildman–Crippen MR) is 88.4 cm³/mol. The number of urea groups is 1. The van der Waals surface area contributed by atoms with Crippen molar-refractivity contribution in [1.82, 2.24) is 15.5 Å². The lowest BCUT2D eigenvalue weighted by molar-refractivity contribution is -0.141. The number of carbonyl (C=O) groups excluding carboxylic acids is 3. The summed E-state index contributed by atoms with van der Waals surface area (Å²) >= 11 is 0. The number of nitrogens with one attached hydrogen (secondary N) is 2. The van der Waals surface area contributed by atoms with Crippen LogP contribution in [0.5, 0.6) is 0 Å². The number of imide groups is 1. The monoisotopic (exact) mass is 361 g/mol. The molecule has 1 aromatic rings. The lowest BCUT2D eigenvalue weighted by Crippen LogP contribution is -2.46. The van der Waals surface area contributed by atoms with Crippen LogP contribution in [0.25, 0.3) is 0 Å². The summed E-state index contributed by atoms with van der Waals surface area (Å²) in [7, 11) is 0. The Morgan fingerprint density at radius 2 is 2.00 bits per heavy atom. The predicted octanol–water partition coefficient (Wildman–Crippen LogP) is 0.0569. The van der Waals surface area contributed by atoms with E-state index < -0.39 is 29.6 Å². The SMILES string of the molecule is CC1(c2ccc(C(=O)N3CCOC(CC(=O)O)C3)cc2)NC(=O)NC1=O. The summed E-state index contributed by atoms with van der Waals surface area (Å²) in [4.78, 5) is 48.3. The van der Waals surface area contributed by atoms with E-state index in [1.54, 1.807) is 36.1 Å². The maximum Gasteiger partial charge on any atom is 0.322 e. The molecule has 2 aliphatic heterocycles. The van der Waals surface area contributed by atoms with Gasteiger partial charge in [0.1, 0.15) is 5.54 Å². The average Bonchev–Trinajstić information content (AvgIpc) is 2.87. The molecule has 2 heterocycles. The summed E-state index contributed by atoms with van der Waals surface area (Å²) in [6, 6.07) is 5.85. The van der Waals surface area contributed by atoms with Gasteiger partial charge in [0, 0.05) is 18.7 Å². The summed E-state index contributed by atoms with van der Waals surface area (Å²) in [5.74, 6) is -1.66. The highest BCUT2D eigenvalue weighted by Gasteiger charge is 2.43. The highest BCUT2D eigenvalue weighted by Crippen LogP contribution is 2.25. The van der Waals surface area contributed by atoms with Crippen LogP contribution in [0.15, 0.2) is 24.3 Å². The normalized spacial score (nSPS) is 25.6. The molecule has 0 radical (unpaired) electrons. The van der Waals surface area contributed by atoms with Crippen LogP contribution >= 0.6 is 0 Å². The molecule has 3 N–H and O–H groups in total. The summed E-state index contributed by atoms with van der Waals surface area (Å²) < 4.78 is 5.37. The molecule has 2 unspecified atom stereocenters. The van der Waals surface area contributed by atoms with Crippen molar-refractivity contribution in [2.45, 2.75) is 25.0 Å². The van der Waals surface area contributed by atoms with Crippen molar-refractivity contribution in [3.05, 3.63) is 35.4 Å². The van der Waals surface area contributed by atoms with Crippen molar-refractivity contribution in [2.24, 2.45) is 0 Å². The van der Waals surface area contributed by atoms with E-state index in [-0.39, 0.29) is 25.5 Å². The number of hydrogen-bond acceptors (Lipinski definition) is 5. The Balaban J connectivity index is 1.72. The first-order chi connectivity index (χ1) is 12.3. The third-order valence-electron chi connectivity index (χ3n) is 4.58. The molecule has 9 nitrogen and oxygen atoms in total. The van der Waals surface area contributed by atoms with Gasteiger partial charge in [-0.2, -0.15) is 0 Å². The van der Waals surface area contributed by atoms with E-state index in [1.165, 1.54) is 0 Å². The van der Waals surface area contributed by atoms with E-state index >= 15 is 0 Å². The number of carboxylic acids is 1. The van der Waals surface area contributed by atoms with Gasteiger partial charge in [-0.15, -0.1) is 0 Å². The number of amides is 4. The van der Waals surface area contributed by atoms with E-state index in [1.807, 2.05) is 0 Å². The molecular formula is C17H19N3O6. The zero-order valence-corrected chi connectivity index (χ0v) is 14.2. The number of benzene rings is 1. The van der Waals surface area contributed by atoms with Crippen LogP contribution < -0.4 is 10.6 Å². The Kier molecular flexibility index (Phi) is 4.64. The fourth-order valence-corrected chi connectivity index (χ4v) is 3.10. The van der Waals surface area contributed by atoms with Gasteiger partial charge in [-0.05, 0) is 24.6 Å². The zero-order chi connectivity index (χ0) is 18.9. The summed E-state index contributed by atoms with van der Waals surface area (Å²) in [5.41, 5.74) is -0.203. The van der Waals surface area contributed by atoms with Crippen LogP contribution in [0, 0.1) is 0 Å². The molecule has 1 aromatic carbocycles. The smallest absolute Gasteiger partial charge is 0.322 e. The molecule has 2 saturated heterocycles. The number of morpholine rings is 1. The number of carbonyl (C=O) groups is 4. The Morgan fingerprint density at radius 1 is 1.31 bits per heavy atom. The number of nitrogens with zero attached hydrogens (tertiary/aromatic N) is 1. The zero-order valence-electron chi connectivity index (χ0n) is 14.2. The number of rotatable bonds is 4. The maximum atomic E-state index is 12.6. The van der Waals surface area contributed by atoms with E-state index in [2.05, 4.69) is 10.6 Å². The maximum absolute atomic E-state index is 12.6. The minimum absolute atomic E-state index is 0.157. The second-order valence-electron chi connectivity index (χ2n) is 6.45. The molecule has 0 spiro atoms. The molecule has 2 fully saturated rings. The molecule has 0 saturated carbocycles. The van der Waals surface area contributed by atoms with Crippen molar-refractivity contribution in [3.8, 4) is 0 Å². The molecule has 138 valence electrons. The number of carboxylic acid groups (broad SMARTS) is 1. The van der Waals surface area contributed by atoms with Gasteiger partial charge in [-0.1, -0.05) is 12.1 Å². The van der Waals surface area contributed by atoms with Gasteiger partial charge in [0.05, 0.1) is 19.1 Å². The van der Waals surface area contributed by atoms with E-state index in [4.69, 9.17) is 9.84 Å². The van der Waals surface area contributed by atoms with Crippen LogP contribution in [-0.4, -0.2) is 59.6 Å². The topological polar surface area (TPSA) is 125 Å². The van der Waals surface area contributed by atoms with Crippen LogP contribution in [-0.2, 0) is 19.9 Å². The molecule has 26 heavy (non-hydrogen) atoms. The molecule has 2 atom stereocenters. The summed E-state index contributed by atoms with van der Waals surface area (Å²) in [6.45, 7) is 2.46. The molecular weight excluding hydrogens is 342 g/mol. The van der Waals surface area contributed by atoms with Gasteiger partial charge >= 0.3 is 12.0 Å². The van der Waals surface area contributed by atoms with Gasteiger partial charge in [-0.3, -0.25) is 19.7 Å². The van der Waals surface area contributed by atoms with Crippen molar-refractivity contribution in [3.63, 3.8) is 0 Å². The second-order valence-corrected chi connectivity index (χ2v) is 6.45. The van der Waals surface area contributed by atoms with Crippen LogP contribution in [0.3, 0.4) is 0 Å². The largest absolute Gasteiger partial charge is 0.481 e. The Labute approximate surface area is 149 Å². The van der Waals surface area contributed by atoms with Crippen molar-refractivity contribution in [2.75, 3.05) is 19.7 Å². The molecule has 2 aliphatic rings. The molecule has 3 rings (SSSR count). The van der Waals surface area contributed by atoms with Crippen molar-refractivity contribution in [1.29, 1.82) is 0 Å². The highest BCUT2D eigenvalue weighted by molar-refractivity contribution is 6.07.